The Balaban J connectivity index is 2.02. The molecule has 100 valence electrons. The lowest BCUT2D eigenvalue weighted by Gasteiger charge is -2.16. The zero-order valence-corrected chi connectivity index (χ0v) is 11.5. The summed E-state index contributed by atoms with van der Waals surface area (Å²) in [5.41, 5.74) is 2.22. The summed E-state index contributed by atoms with van der Waals surface area (Å²) in [5, 5.41) is 9.07. The summed E-state index contributed by atoms with van der Waals surface area (Å²) < 4.78 is 26.7. The van der Waals surface area contributed by atoms with Gasteiger partial charge in [-0.1, -0.05) is 36.4 Å². The van der Waals surface area contributed by atoms with E-state index in [4.69, 9.17) is 5.26 Å². The Morgan fingerprint density at radius 2 is 1.50 bits per heavy atom. The lowest BCUT2D eigenvalue weighted by molar-refractivity contribution is 0.431. The molecule has 0 N–H and O–H groups in total. The van der Waals surface area contributed by atoms with Gasteiger partial charge in [0.1, 0.15) is 6.07 Å². The van der Waals surface area contributed by atoms with Gasteiger partial charge in [-0.2, -0.15) is 9.57 Å². The minimum Gasteiger partial charge on any atom is -0.207 e. The highest BCUT2D eigenvalue weighted by atomic mass is 32.2. The van der Waals surface area contributed by atoms with E-state index in [1.807, 2.05) is 30.3 Å². The molecule has 5 heteroatoms. The third-order valence-corrected chi connectivity index (χ3v) is 5.29. The third-order valence-electron chi connectivity index (χ3n) is 3.44. The van der Waals surface area contributed by atoms with E-state index in [9.17, 15) is 8.42 Å². The smallest absolute Gasteiger partial charge is 0.207 e. The van der Waals surface area contributed by atoms with Crippen LogP contribution in [0.3, 0.4) is 0 Å². The Morgan fingerprint density at radius 1 is 0.950 bits per heavy atom. The van der Waals surface area contributed by atoms with E-state index in [1.54, 1.807) is 12.1 Å². The number of sulfonamides is 1. The fraction of sp³-hybridized carbons (Fsp3) is 0.133. The quantitative estimate of drug-likeness (QED) is 0.850. The van der Waals surface area contributed by atoms with E-state index in [2.05, 4.69) is 0 Å². The van der Waals surface area contributed by atoms with Crippen molar-refractivity contribution >= 4 is 10.0 Å². The van der Waals surface area contributed by atoms with E-state index >= 15 is 0 Å². The fourth-order valence-electron chi connectivity index (χ4n) is 2.39. The number of hydrogen-bond acceptors (Lipinski definition) is 3. The fourth-order valence-corrected chi connectivity index (χ4v) is 3.93. The average molecular weight is 284 g/mol. The van der Waals surface area contributed by atoms with Gasteiger partial charge in [0.2, 0.25) is 10.0 Å². The Kier molecular flexibility index (Phi) is 3.05. The first-order chi connectivity index (χ1) is 9.63. The molecule has 20 heavy (non-hydrogen) atoms. The SMILES string of the molecule is N#Cc1ccccc1S(=O)(=O)N1Cc2ccccc2C1. The maximum absolute atomic E-state index is 12.7. The van der Waals surface area contributed by atoms with E-state index in [1.165, 1.54) is 16.4 Å². The average Bonchev–Trinajstić information content (AvgIpc) is 2.92. The molecular weight excluding hydrogens is 272 g/mol. The van der Waals surface area contributed by atoms with Crippen LogP contribution in [0.5, 0.6) is 0 Å². The van der Waals surface area contributed by atoms with Crippen LogP contribution in [-0.4, -0.2) is 12.7 Å². The summed E-state index contributed by atoms with van der Waals surface area (Å²) in [6.07, 6.45) is 0. The van der Waals surface area contributed by atoms with Crippen molar-refractivity contribution in [3.63, 3.8) is 0 Å². The van der Waals surface area contributed by atoms with Gasteiger partial charge in [-0.05, 0) is 23.3 Å². The Bertz CT molecular complexity index is 782. The summed E-state index contributed by atoms with van der Waals surface area (Å²) in [5.74, 6) is 0. The number of hydrogen-bond donors (Lipinski definition) is 0. The molecule has 3 rings (SSSR count). The Labute approximate surface area is 117 Å². The second kappa shape index (κ2) is 4.75. The van der Waals surface area contributed by atoms with Crippen LogP contribution in [0.2, 0.25) is 0 Å². The molecule has 1 heterocycles. The zero-order valence-electron chi connectivity index (χ0n) is 10.7. The van der Waals surface area contributed by atoms with Gasteiger partial charge < -0.3 is 0 Å². The van der Waals surface area contributed by atoms with Gasteiger partial charge in [0.25, 0.3) is 0 Å². The van der Waals surface area contributed by atoms with Crippen molar-refractivity contribution in [2.75, 3.05) is 0 Å². The van der Waals surface area contributed by atoms with E-state index in [-0.39, 0.29) is 10.5 Å². The highest BCUT2D eigenvalue weighted by Crippen LogP contribution is 2.29. The van der Waals surface area contributed by atoms with Gasteiger partial charge in [0.05, 0.1) is 10.5 Å². The monoisotopic (exact) mass is 284 g/mol. The number of benzene rings is 2. The first kappa shape index (κ1) is 12.9. The second-order valence-electron chi connectivity index (χ2n) is 4.65. The van der Waals surface area contributed by atoms with Crippen molar-refractivity contribution in [2.24, 2.45) is 0 Å². The highest BCUT2D eigenvalue weighted by Gasteiger charge is 2.31. The molecule has 0 saturated heterocycles. The third kappa shape index (κ3) is 1.99. The number of nitrogens with zero attached hydrogens (tertiary/aromatic N) is 2. The van der Waals surface area contributed by atoms with Crippen LogP contribution in [0.25, 0.3) is 0 Å². The normalized spacial score (nSPS) is 14.8. The molecule has 2 aromatic carbocycles. The minimum absolute atomic E-state index is 0.0790. The van der Waals surface area contributed by atoms with Crippen LogP contribution in [-0.2, 0) is 23.1 Å². The molecule has 0 radical (unpaired) electrons. The van der Waals surface area contributed by atoms with Crippen LogP contribution in [0.1, 0.15) is 16.7 Å². The largest absolute Gasteiger partial charge is 0.245 e. The molecule has 1 aliphatic heterocycles. The van der Waals surface area contributed by atoms with Crippen molar-refractivity contribution < 1.29 is 8.42 Å². The molecule has 0 fully saturated rings. The molecule has 0 bridgehead atoms. The second-order valence-corrected chi connectivity index (χ2v) is 6.56. The van der Waals surface area contributed by atoms with Crippen LogP contribution < -0.4 is 0 Å². The molecule has 0 aromatic heterocycles. The predicted octanol–water partition coefficient (Wildman–Crippen LogP) is 2.26. The van der Waals surface area contributed by atoms with E-state index in [0.29, 0.717) is 13.1 Å². The predicted molar refractivity (Wildman–Crippen MR) is 74.0 cm³/mol. The molecule has 0 amide bonds. The van der Waals surface area contributed by atoms with Gasteiger partial charge in [-0.3, -0.25) is 0 Å². The van der Waals surface area contributed by atoms with Crippen molar-refractivity contribution in [1.29, 1.82) is 5.26 Å². The summed E-state index contributed by atoms with van der Waals surface area (Å²) >= 11 is 0. The molecule has 4 nitrogen and oxygen atoms in total. The number of nitriles is 1. The first-order valence-electron chi connectivity index (χ1n) is 6.19. The van der Waals surface area contributed by atoms with Crippen molar-refractivity contribution in [3.8, 4) is 6.07 Å². The van der Waals surface area contributed by atoms with Gasteiger partial charge in [0.15, 0.2) is 0 Å². The van der Waals surface area contributed by atoms with Crippen LogP contribution in [0.4, 0.5) is 0 Å². The summed E-state index contributed by atoms with van der Waals surface area (Å²) in [6.45, 7) is 0.719. The maximum atomic E-state index is 12.7. The van der Waals surface area contributed by atoms with E-state index < -0.39 is 10.0 Å². The van der Waals surface area contributed by atoms with Gasteiger partial charge >= 0.3 is 0 Å². The van der Waals surface area contributed by atoms with Crippen LogP contribution in [0.15, 0.2) is 53.4 Å². The van der Waals surface area contributed by atoms with Gasteiger partial charge in [-0.25, -0.2) is 8.42 Å². The standard InChI is InChI=1S/C15H12N2O2S/c16-9-12-5-3-4-8-15(12)20(18,19)17-10-13-6-1-2-7-14(13)11-17/h1-8H,10-11H2. The van der Waals surface area contributed by atoms with Crippen LogP contribution >= 0.6 is 0 Å². The Hall–Kier alpha value is -2.16. The van der Waals surface area contributed by atoms with Crippen molar-refractivity contribution in [1.82, 2.24) is 4.31 Å². The highest BCUT2D eigenvalue weighted by molar-refractivity contribution is 7.89. The lowest BCUT2D eigenvalue weighted by Crippen LogP contribution is -2.26. The zero-order chi connectivity index (χ0) is 14.2. The summed E-state index contributed by atoms with van der Waals surface area (Å²) in [7, 11) is -3.64. The number of rotatable bonds is 2. The lowest BCUT2D eigenvalue weighted by atomic mass is 10.1. The Morgan fingerprint density at radius 3 is 2.10 bits per heavy atom. The molecule has 2 aromatic rings. The molecule has 0 saturated carbocycles. The van der Waals surface area contributed by atoms with Crippen molar-refractivity contribution in [3.05, 3.63) is 65.2 Å². The molecule has 0 aliphatic carbocycles. The summed E-state index contributed by atoms with van der Waals surface area (Å²) in [4.78, 5) is 0.0790. The summed E-state index contributed by atoms with van der Waals surface area (Å²) in [6, 6.07) is 15.9. The van der Waals surface area contributed by atoms with Crippen molar-refractivity contribution in [2.45, 2.75) is 18.0 Å². The van der Waals surface area contributed by atoms with Crippen LogP contribution in [0, 0.1) is 11.3 Å². The number of fused-ring (bicyclic) bond motifs is 1. The van der Waals surface area contributed by atoms with Gasteiger partial charge in [-0.15, -0.1) is 0 Å². The molecule has 0 atom stereocenters. The first-order valence-corrected chi connectivity index (χ1v) is 7.63. The molecule has 0 unspecified atom stereocenters. The minimum atomic E-state index is -3.64. The molecular formula is C15H12N2O2S. The molecule has 1 aliphatic rings. The molecule has 0 spiro atoms. The van der Waals surface area contributed by atoms with E-state index in [0.717, 1.165) is 11.1 Å². The maximum Gasteiger partial charge on any atom is 0.245 e. The van der Waals surface area contributed by atoms with Gasteiger partial charge in [0, 0.05) is 13.1 Å². The topological polar surface area (TPSA) is 61.2 Å².